The third-order valence-corrected chi connectivity index (χ3v) is 0. The quantitative estimate of drug-likeness (QED) is 0.406. The molecule has 0 aliphatic rings. The molecule has 12 heavy (non-hydrogen) atoms. The summed E-state index contributed by atoms with van der Waals surface area (Å²) in [4.78, 5) is 0. The first-order chi connectivity index (χ1) is 2.00. The van der Waals surface area contributed by atoms with Crippen molar-refractivity contribution in [1.82, 2.24) is 0 Å². The van der Waals surface area contributed by atoms with Gasteiger partial charge in [0.15, 0.2) is 0 Å². The molecule has 0 aromatic heterocycles. The summed E-state index contributed by atoms with van der Waals surface area (Å²) in [6, 6.07) is 0. The van der Waals surface area contributed by atoms with Gasteiger partial charge in [-0.1, -0.05) is 0 Å². The van der Waals surface area contributed by atoms with E-state index in [1.807, 2.05) is 0 Å². The van der Waals surface area contributed by atoms with Crippen molar-refractivity contribution in [2.75, 3.05) is 0 Å². The number of hydrogen-bond acceptors (Lipinski definition) is 2. The zero-order valence-corrected chi connectivity index (χ0v) is 10.1. The second-order valence-electron chi connectivity index (χ2n) is 0.448. The second kappa shape index (κ2) is 29.7. The van der Waals surface area contributed by atoms with E-state index in [4.69, 9.17) is 17.5 Å². The van der Waals surface area contributed by atoms with Crippen LogP contribution in [0, 0.1) is 35.6 Å². The smallest absolute Gasteiger partial charge is 0.394 e. The molecular formula is H14LaO10S. The van der Waals surface area contributed by atoms with E-state index < -0.39 is 10.4 Å². The fourth-order valence-corrected chi connectivity index (χ4v) is 0. The Kier molecular flexibility index (Phi) is 191. The molecule has 0 aliphatic carbocycles. The van der Waals surface area contributed by atoms with Gasteiger partial charge in [-0.2, -0.15) is 8.42 Å². The van der Waals surface area contributed by atoms with Gasteiger partial charge in [-0.25, -0.2) is 0 Å². The second-order valence-corrected chi connectivity index (χ2v) is 1.34. The van der Waals surface area contributed by atoms with Crippen LogP contribution in [0.15, 0.2) is 0 Å². The summed E-state index contributed by atoms with van der Waals surface area (Å²) in [6.45, 7) is 0. The monoisotopic (exact) mass is 345 g/mol. The SMILES string of the molecule is O.O.O.O.O.O.O=S(=O)(O)O.[La]. The maximum atomic E-state index is 8.74. The molecule has 0 spiro atoms. The average molecular weight is 345 g/mol. The molecule has 0 atom stereocenters. The van der Waals surface area contributed by atoms with Crippen molar-refractivity contribution in [1.29, 1.82) is 0 Å². The molecule has 0 fully saturated rings. The summed E-state index contributed by atoms with van der Waals surface area (Å²) in [5, 5.41) is 0. The van der Waals surface area contributed by atoms with Crippen LogP contribution < -0.4 is 0 Å². The van der Waals surface area contributed by atoms with Gasteiger partial charge in [-0.05, 0) is 0 Å². The van der Waals surface area contributed by atoms with E-state index in [2.05, 4.69) is 0 Å². The van der Waals surface area contributed by atoms with Crippen molar-refractivity contribution in [3.05, 3.63) is 0 Å². The van der Waals surface area contributed by atoms with Gasteiger partial charge >= 0.3 is 10.4 Å². The molecule has 0 rings (SSSR count). The van der Waals surface area contributed by atoms with Crippen LogP contribution in [-0.2, 0) is 10.4 Å². The molecule has 0 aliphatic heterocycles. The Hall–Kier alpha value is 0.825. The van der Waals surface area contributed by atoms with Gasteiger partial charge in [0.25, 0.3) is 0 Å². The van der Waals surface area contributed by atoms with E-state index in [0.29, 0.717) is 0 Å². The van der Waals surface area contributed by atoms with Gasteiger partial charge in [0.2, 0.25) is 0 Å². The van der Waals surface area contributed by atoms with Crippen LogP contribution in [0.25, 0.3) is 0 Å². The minimum Gasteiger partial charge on any atom is -0.412 e. The first kappa shape index (κ1) is 77.0. The zero-order chi connectivity index (χ0) is 4.50. The van der Waals surface area contributed by atoms with Crippen molar-refractivity contribution in [2.24, 2.45) is 0 Å². The normalized spacial score (nSPS) is 4.83. The Balaban J connectivity index is -0.00000000381. The van der Waals surface area contributed by atoms with E-state index in [1.165, 1.54) is 0 Å². The zero-order valence-electron chi connectivity index (χ0n) is 5.70. The van der Waals surface area contributed by atoms with Crippen LogP contribution in [-0.4, -0.2) is 50.4 Å². The summed E-state index contributed by atoms with van der Waals surface area (Å²) < 4.78 is 31.6. The molecule has 0 saturated carbocycles. The molecular weight excluding hydrogens is 331 g/mol. The third-order valence-electron chi connectivity index (χ3n) is 0. The van der Waals surface area contributed by atoms with E-state index in [0.717, 1.165) is 0 Å². The summed E-state index contributed by atoms with van der Waals surface area (Å²) >= 11 is 0. The minimum atomic E-state index is -4.67. The fourth-order valence-electron chi connectivity index (χ4n) is 0. The topological polar surface area (TPSA) is 264 Å². The minimum absolute atomic E-state index is 0. The molecule has 83 valence electrons. The van der Waals surface area contributed by atoms with E-state index in [9.17, 15) is 0 Å². The van der Waals surface area contributed by atoms with Crippen LogP contribution in [0.3, 0.4) is 0 Å². The van der Waals surface area contributed by atoms with Crippen LogP contribution in [0.4, 0.5) is 0 Å². The van der Waals surface area contributed by atoms with E-state index in [1.54, 1.807) is 0 Å². The summed E-state index contributed by atoms with van der Waals surface area (Å²) in [5.74, 6) is 0. The molecule has 0 aromatic rings. The standard InChI is InChI=1S/La.H2O4S.6H2O/c;1-5(2,3)4;;;;;;/h;(H2,1,2,3,4);6*1H2. The van der Waals surface area contributed by atoms with Crippen LogP contribution >= 0.6 is 0 Å². The largest absolute Gasteiger partial charge is 0.412 e. The third kappa shape index (κ3) is 1540. The molecule has 0 saturated heterocycles. The number of rotatable bonds is 0. The Labute approximate surface area is 96.0 Å². The molecule has 12 heteroatoms. The first-order valence-electron chi connectivity index (χ1n) is 0.698. The van der Waals surface area contributed by atoms with Gasteiger partial charge in [-0.3, -0.25) is 9.11 Å². The maximum Gasteiger partial charge on any atom is 0.394 e. The van der Waals surface area contributed by atoms with Crippen LogP contribution in [0.2, 0.25) is 0 Å². The van der Waals surface area contributed by atoms with Gasteiger partial charge in [0.05, 0.1) is 0 Å². The van der Waals surface area contributed by atoms with Gasteiger partial charge in [0.1, 0.15) is 0 Å². The molecule has 0 bridgehead atoms. The van der Waals surface area contributed by atoms with Crippen molar-refractivity contribution in [3.8, 4) is 0 Å². The first-order valence-corrected chi connectivity index (χ1v) is 2.10. The molecule has 1 radical (unpaired) electrons. The summed E-state index contributed by atoms with van der Waals surface area (Å²) in [5.41, 5.74) is 0. The van der Waals surface area contributed by atoms with Gasteiger partial charge in [-0.15, -0.1) is 0 Å². The number of hydrogen-bond donors (Lipinski definition) is 2. The molecule has 0 heterocycles. The summed E-state index contributed by atoms with van der Waals surface area (Å²) in [7, 11) is -4.67. The predicted octanol–water partition coefficient (Wildman–Crippen LogP) is -5.60. The fraction of sp³-hybridized carbons (Fsp3) is 0. The van der Waals surface area contributed by atoms with E-state index in [-0.39, 0.29) is 68.5 Å². The van der Waals surface area contributed by atoms with Gasteiger partial charge in [0, 0.05) is 35.6 Å². The molecule has 0 unspecified atom stereocenters. The van der Waals surface area contributed by atoms with Crippen molar-refractivity contribution < 1.29 is 86.0 Å². The molecule has 0 aromatic carbocycles. The predicted molar refractivity (Wildman–Crippen MR) is 35.9 cm³/mol. The average Bonchev–Trinajstić information content (AvgIpc) is 0.722. The molecule has 14 N–H and O–H groups in total. The van der Waals surface area contributed by atoms with Gasteiger partial charge < -0.3 is 32.9 Å². The van der Waals surface area contributed by atoms with Crippen molar-refractivity contribution in [2.45, 2.75) is 0 Å². The van der Waals surface area contributed by atoms with Crippen molar-refractivity contribution in [3.63, 3.8) is 0 Å². The Morgan fingerprint density at radius 3 is 0.667 bits per heavy atom. The summed E-state index contributed by atoms with van der Waals surface area (Å²) in [6.07, 6.45) is 0. The molecule has 10 nitrogen and oxygen atoms in total. The maximum absolute atomic E-state index is 8.74. The van der Waals surface area contributed by atoms with Crippen LogP contribution in [0.1, 0.15) is 0 Å². The van der Waals surface area contributed by atoms with E-state index >= 15 is 0 Å². The Bertz CT molecular complexity index is 93.0. The molecule has 0 amide bonds. The Morgan fingerprint density at radius 2 is 0.667 bits per heavy atom. The Morgan fingerprint density at radius 1 is 0.667 bits per heavy atom. The van der Waals surface area contributed by atoms with Crippen LogP contribution in [0.5, 0.6) is 0 Å². The van der Waals surface area contributed by atoms with Crippen molar-refractivity contribution >= 4 is 10.4 Å².